The fraction of sp³-hybridized carbons (Fsp3) is 0.438. The molecule has 23 heavy (non-hydrogen) atoms. The number of carbonyl (C=O) groups excluding carboxylic acids is 2. The first-order valence-electron chi connectivity index (χ1n) is 7.37. The van der Waals surface area contributed by atoms with Crippen LogP contribution in [0.15, 0.2) is 18.2 Å². The van der Waals surface area contributed by atoms with Crippen molar-refractivity contribution >= 4 is 23.5 Å². The van der Waals surface area contributed by atoms with Gasteiger partial charge in [-0.25, -0.2) is 4.39 Å². The Hall–Kier alpha value is -2.44. The molecular formula is C16H19FN2O4. The molecule has 2 amide bonds. The summed E-state index contributed by atoms with van der Waals surface area (Å²) < 4.78 is 14.0. The third kappa shape index (κ3) is 4.06. The average molecular weight is 322 g/mol. The van der Waals surface area contributed by atoms with Gasteiger partial charge in [0.25, 0.3) is 5.91 Å². The summed E-state index contributed by atoms with van der Waals surface area (Å²) >= 11 is 0. The number of aliphatic carboxylic acids is 1. The summed E-state index contributed by atoms with van der Waals surface area (Å²) in [5.41, 5.74) is 0.150. The monoisotopic (exact) mass is 322 g/mol. The molecule has 1 fully saturated rings. The van der Waals surface area contributed by atoms with Crippen molar-refractivity contribution in [2.24, 2.45) is 11.8 Å². The molecule has 0 saturated carbocycles. The van der Waals surface area contributed by atoms with Gasteiger partial charge in [0.1, 0.15) is 5.82 Å². The summed E-state index contributed by atoms with van der Waals surface area (Å²) in [7, 11) is 0. The van der Waals surface area contributed by atoms with Crippen LogP contribution in [0.5, 0.6) is 0 Å². The lowest BCUT2D eigenvalue weighted by atomic mass is 9.90. The van der Waals surface area contributed by atoms with Crippen LogP contribution in [0.4, 0.5) is 10.1 Å². The van der Waals surface area contributed by atoms with Crippen LogP contribution in [-0.4, -0.2) is 40.9 Å². The van der Waals surface area contributed by atoms with Gasteiger partial charge in [-0.1, -0.05) is 6.92 Å². The number of nitrogens with zero attached hydrogens (tertiary/aromatic N) is 1. The van der Waals surface area contributed by atoms with Crippen molar-refractivity contribution in [1.29, 1.82) is 0 Å². The molecule has 1 aliphatic heterocycles. The van der Waals surface area contributed by atoms with Gasteiger partial charge >= 0.3 is 5.97 Å². The highest BCUT2D eigenvalue weighted by Crippen LogP contribution is 2.25. The van der Waals surface area contributed by atoms with Crippen LogP contribution in [-0.2, 0) is 9.59 Å². The quantitative estimate of drug-likeness (QED) is 0.891. The van der Waals surface area contributed by atoms with Crippen molar-refractivity contribution in [3.63, 3.8) is 0 Å². The number of nitrogens with one attached hydrogen (secondary N) is 1. The largest absolute Gasteiger partial charge is 0.481 e. The predicted octanol–water partition coefficient (Wildman–Crippen LogP) is 1.97. The topological polar surface area (TPSA) is 86.7 Å². The number of halogens is 1. The first-order valence-corrected chi connectivity index (χ1v) is 7.37. The molecule has 0 bridgehead atoms. The Morgan fingerprint density at radius 1 is 1.30 bits per heavy atom. The number of carboxylic acid groups (broad SMARTS) is 1. The molecule has 124 valence electrons. The number of piperidine rings is 1. The summed E-state index contributed by atoms with van der Waals surface area (Å²) in [5.74, 6) is -3.17. The Labute approximate surface area is 133 Å². The van der Waals surface area contributed by atoms with Crippen LogP contribution < -0.4 is 5.32 Å². The number of amides is 2. The Morgan fingerprint density at radius 2 is 2.00 bits per heavy atom. The van der Waals surface area contributed by atoms with Crippen molar-refractivity contribution in [3.8, 4) is 0 Å². The molecule has 0 radical (unpaired) electrons. The molecule has 1 aliphatic rings. The minimum Gasteiger partial charge on any atom is -0.481 e. The summed E-state index contributed by atoms with van der Waals surface area (Å²) in [6, 6.07) is 3.75. The number of hydrogen-bond acceptors (Lipinski definition) is 3. The van der Waals surface area contributed by atoms with Crippen LogP contribution in [0.25, 0.3) is 0 Å². The van der Waals surface area contributed by atoms with E-state index in [1.165, 1.54) is 24.0 Å². The number of carboxylic acids is 1. The number of benzene rings is 1. The SMILES string of the molecule is CC(=O)Nc1ccc(F)c(C(=O)N2CC(C)CC(C(=O)O)C2)c1. The highest BCUT2D eigenvalue weighted by molar-refractivity contribution is 5.97. The Balaban J connectivity index is 2.25. The van der Waals surface area contributed by atoms with Crippen molar-refractivity contribution in [2.45, 2.75) is 20.3 Å². The zero-order chi connectivity index (χ0) is 17.1. The maximum absolute atomic E-state index is 14.0. The number of carbonyl (C=O) groups is 3. The zero-order valence-corrected chi connectivity index (χ0v) is 13.0. The Bertz CT molecular complexity index is 647. The fourth-order valence-electron chi connectivity index (χ4n) is 2.84. The van der Waals surface area contributed by atoms with E-state index in [9.17, 15) is 18.8 Å². The van der Waals surface area contributed by atoms with E-state index in [-0.39, 0.29) is 23.9 Å². The first kappa shape index (κ1) is 16.9. The number of hydrogen-bond donors (Lipinski definition) is 2. The lowest BCUT2D eigenvalue weighted by Crippen LogP contribution is -2.45. The molecule has 2 unspecified atom stereocenters. The lowest BCUT2D eigenvalue weighted by Gasteiger charge is -2.34. The molecule has 7 heteroatoms. The minimum absolute atomic E-state index is 0.0235. The number of likely N-dealkylation sites (tertiary alicyclic amines) is 1. The van der Waals surface area contributed by atoms with Crippen molar-refractivity contribution < 1.29 is 23.9 Å². The van der Waals surface area contributed by atoms with Gasteiger partial charge in [-0.05, 0) is 30.5 Å². The van der Waals surface area contributed by atoms with Crippen LogP contribution in [0.3, 0.4) is 0 Å². The highest BCUT2D eigenvalue weighted by Gasteiger charge is 2.33. The van der Waals surface area contributed by atoms with Crippen molar-refractivity contribution in [1.82, 2.24) is 4.90 Å². The number of anilines is 1. The molecule has 0 aliphatic carbocycles. The van der Waals surface area contributed by atoms with E-state index in [4.69, 9.17) is 5.11 Å². The van der Waals surface area contributed by atoms with Crippen LogP contribution in [0.2, 0.25) is 0 Å². The standard InChI is InChI=1S/C16H19FN2O4/c1-9-5-11(16(22)23)8-19(7-9)15(21)13-6-12(18-10(2)20)3-4-14(13)17/h3-4,6,9,11H,5,7-8H2,1-2H3,(H,18,20)(H,22,23). The average Bonchev–Trinajstić information content (AvgIpc) is 2.47. The minimum atomic E-state index is -0.957. The van der Waals surface area contributed by atoms with Gasteiger partial charge in [-0.2, -0.15) is 0 Å². The molecule has 1 heterocycles. The van der Waals surface area contributed by atoms with E-state index >= 15 is 0 Å². The molecule has 1 aromatic rings. The van der Waals surface area contributed by atoms with E-state index in [2.05, 4.69) is 5.32 Å². The van der Waals surface area contributed by atoms with Gasteiger partial charge in [0, 0.05) is 25.7 Å². The number of rotatable bonds is 3. The normalized spacial score (nSPS) is 20.9. The zero-order valence-electron chi connectivity index (χ0n) is 13.0. The highest BCUT2D eigenvalue weighted by atomic mass is 19.1. The summed E-state index contributed by atoms with van der Waals surface area (Å²) in [4.78, 5) is 36.2. The summed E-state index contributed by atoms with van der Waals surface area (Å²) in [6.45, 7) is 3.61. The second-order valence-electron chi connectivity index (χ2n) is 5.96. The molecular weight excluding hydrogens is 303 g/mol. The molecule has 0 spiro atoms. The summed E-state index contributed by atoms with van der Waals surface area (Å²) in [5, 5.41) is 11.7. The van der Waals surface area contributed by atoms with E-state index in [0.29, 0.717) is 18.7 Å². The fourth-order valence-corrected chi connectivity index (χ4v) is 2.84. The van der Waals surface area contributed by atoms with E-state index in [0.717, 1.165) is 6.07 Å². The van der Waals surface area contributed by atoms with Gasteiger partial charge in [-0.15, -0.1) is 0 Å². The van der Waals surface area contributed by atoms with E-state index in [1.54, 1.807) is 0 Å². The molecule has 1 saturated heterocycles. The maximum Gasteiger partial charge on any atom is 0.308 e. The molecule has 6 nitrogen and oxygen atoms in total. The van der Waals surface area contributed by atoms with Gasteiger partial charge in [0.15, 0.2) is 0 Å². The smallest absolute Gasteiger partial charge is 0.308 e. The Kier molecular flexibility index (Phi) is 4.98. The van der Waals surface area contributed by atoms with Crippen molar-refractivity contribution in [2.75, 3.05) is 18.4 Å². The van der Waals surface area contributed by atoms with Crippen LogP contribution in [0, 0.1) is 17.7 Å². The predicted molar refractivity (Wildman–Crippen MR) is 81.5 cm³/mol. The van der Waals surface area contributed by atoms with Gasteiger partial charge in [0.05, 0.1) is 11.5 Å². The molecule has 0 aromatic heterocycles. The maximum atomic E-state index is 14.0. The van der Waals surface area contributed by atoms with Gasteiger partial charge in [-0.3, -0.25) is 14.4 Å². The second-order valence-corrected chi connectivity index (χ2v) is 5.96. The van der Waals surface area contributed by atoms with Crippen LogP contribution >= 0.6 is 0 Å². The molecule has 2 rings (SSSR count). The molecule has 1 aromatic carbocycles. The first-order chi connectivity index (χ1) is 10.8. The Morgan fingerprint density at radius 3 is 2.61 bits per heavy atom. The summed E-state index contributed by atoms with van der Waals surface area (Å²) in [6.07, 6.45) is 0.494. The van der Waals surface area contributed by atoms with Gasteiger partial charge < -0.3 is 15.3 Å². The molecule has 2 atom stereocenters. The second kappa shape index (κ2) is 6.76. The molecule has 2 N–H and O–H groups in total. The van der Waals surface area contributed by atoms with Crippen molar-refractivity contribution in [3.05, 3.63) is 29.6 Å². The van der Waals surface area contributed by atoms with Gasteiger partial charge in [0.2, 0.25) is 5.91 Å². The van der Waals surface area contributed by atoms with Crippen LogP contribution in [0.1, 0.15) is 30.6 Å². The third-order valence-electron chi connectivity index (χ3n) is 3.81. The lowest BCUT2D eigenvalue weighted by molar-refractivity contribution is -0.143. The third-order valence-corrected chi connectivity index (χ3v) is 3.81. The van der Waals surface area contributed by atoms with E-state index in [1.807, 2.05) is 6.92 Å². The van der Waals surface area contributed by atoms with E-state index < -0.39 is 23.6 Å².